The standard InChI is InChI=1S/C39H41F3N6O9/c1-22(2)33(50)46-37-45-32-29(34(51)47-37)44-21-48(32)35-31(55-19-18-43-36(52)39(40,41)42)30(49)28(57-35)20-56-38(23-8-6-5-7-9-23,24-10-14-26(53-3)15-11-24)25-12-16-27(54-4)17-13-25/h5-17,21-22,28,30-31,35,49H,18-20H2,1-4H3,(H,43,52)(H2,45,46,47,50,51)/t28-,30-,31-,35-/m1/s1. The Bertz CT molecular complexity index is 2170. The van der Waals surface area contributed by atoms with Crippen LogP contribution in [0.5, 0.6) is 11.5 Å². The highest BCUT2D eigenvalue weighted by Gasteiger charge is 2.48. The van der Waals surface area contributed by atoms with E-state index in [0.717, 1.165) is 5.56 Å². The molecule has 2 aromatic heterocycles. The van der Waals surface area contributed by atoms with Crippen molar-refractivity contribution in [3.05, 3.63) is 112 Å². The molecule has 3 aromatic carbocycles. The zero-order valence-corrected chi connectivity index (χ0v) is 31.3. The van der Waals surface area contributed by atoms with Gasteiger partial charge < -0.3 is 34.1 Å². The number of H-pyrrole nitrogens is 1. The van der Waals surface area contributed by atoms with Gasteiger partial charge >= 0.3 is 12.1 Å². The summed E-state index contributed by atoms with van der Waals surface area (Å²) in [6.45, 7) is 1.99. The number of halogens is 3. The molecule has 0 bridgehead atoms. The summed E-state index contributed by atoms with van der Waals surface area (Å²) in [6.07, 6.45) is -9.14. The van der Waals surface area contributed by atoms with E-state index in [0.29, 0.717) is 22.6 Å². The number of nitrogens with zero attached hydrogens (tertiary/aromatic N) is 3. The van der Waals surface area contributed by atoms with Crippen molar-refractivity contribution in [2.75, 3.05) is 39.3 Å². The number of aromatic amines is 1. The summed E-state index contributed by atoms with van der Waals surface area (Å²) in [4.78, 5) is 48.0. The van der Waals surface area contributed by atoms with Crippen LogP contribution in [0.4, 0.5) is 19.1 Å². The Morgan fingerprint density at radius 1 is 0.947 bits per heavy atom. The quantitative estimate of drug-likeness (QED) is 0.0885. The molecule has 3 heterocycles. The molecule has 302 valence electrons. The van der Waals surface area contributed by atoms with Crippen LogP contribution in [-0.4, -0.2) is 94.9 Å². The van der Waals surface area contributed by atoms with Gasteiger partial charge in [-0.2, -0.15) is 18.2 Å². The summed E-state index contributed by atoms with van der Waals surface area (Å²) in [7, 11) is 3.10. The fourth-order valence-corrected chi connectivity index (χ4v) is 6.43. The highest BCUT2D eigenvalue weighted by Crippen LogP contribution is 2.43. The Labute approximate surface area is 324 Å². The first kappa shape index (κ1) is 40.8. The van der Waals surface area contributed by atoms with E-state index < -0.39 is 72.8 Å². The Morgan fingerprint density at radius 3 is 2.11 bits per heavy atom. The summed E-state index contributed by atoms with van der Waals surface area (Å²) in [5, 5.41) is 16.1. The van der Waals surface area contributed by atoms with Crippen LogP contribution < -0.4 is 25.7 Å². The molecule has 0 radical (unpaired) electrons. The molecule has 0 spiro atoms. The minimum absolute atomic E-state index is 0.0503. The zero-order chi connectivity index (χ0) is 40.9. The lowest BCUT2D eigenvalue weighted by Crippen LogP contribution is -2.42. The lowest BCUT2D eigenvalue weighted by atomic mass is 9.80. The van der Waals surface area contributed by atoms with Gasteiger partial charge in [-0.05, 0) is 41.0 Å². The third kappa shape index (κ3) is 8.63. The number of aliphatic hydroxyl groups is 1. The number of fused-ring (bicyclic) bond motifs is 1. The number of anilines is 1. The number of ether oxygens (including phenoxy) is 5. The van der Waals surface area contributed by atoms with Crippen LogP contribution in [0, 0.1) is 5.92 Å². The second kappa shape index (κ2) is 17.1. The van der Waals surface area contributed by atoms with E-state index in [-0.39, 0.29) is 23.7 Å². The first-order valence-electron chi connectivity index (χ1n) is 17.8. The van der Waals surface area contributed by atoms with Crippen molar-refractivity contribution < 1.29 is 51.6 Å². The maximum Gasteiger partial charge on any atom is 0.471 e. The molecule has 0 unspecified atom stereocenters. The number of hydrogen-bond donors (Lipinski definition) is 4. The Balaban J connectivity index is 1.38. The van der Waals surface area contributed by atoms with Gasteiger partial charge in [-0.1, -0.05) is 68.4 Å². The largest absolute Gasteiger partial charge is 0.497 e. The van der Waals surface area contributed by atoms with Crippen LogP contribution in [0.15, 0.2) is 90.0 Å². The Kier molecular flexibility index (Phi) is 12.3. The van der Waals surface area contributed by atoms with Gasteiger partial charge in [-0.3, -0.25) is 29.3 Å². The second-order valence-corrected chi connectivity index (χ2v) is 13.3. The Morgan fingerprint density at radius 2 is 1.54 bits per heavy atom. The number of rotatable bonds is 15. The van der Waals surface area contributed by atoms with Crippen molar-refractivity contribution >= 4 is 28.9 Å². The number of amides is 2. The summed E-state index contributed by atoms with van der Waals surface area (Å²) < 4.78 is 70.1. The predicted molar refractivity (Wildman–Crippen MR) is 199 cm³/mol. The molecule has 4 N–H and O–H groups in total. The molecule has 1 saturated heterocycles. The SMILES string of the molecule is COc1ccc(C(OC[C@H]2O[C@@H](n3cnc4c(=O)[nH]c(NC(=O)C(C)C)nc43)[C@H](OCCNC(=O)C(F)(F)F)[C@@H]2O)(c2ccccc2)c2ccc(OC)cc2)cc1. The predicted octanol–water partition coefficient (Wildman–Crippen LogP) is 4.06. The number of benzene rings is 3. The molecule has 57 heavy (non-hydrogen) atoms. The Hall–Kier alpha value is -5.82. The van der Waals surface area contributed by atoms with Crippen LogP contribution in [0.25, 0.3) is 11.2 Å². The van der Waals surface area contributed by atoms with E-state index >= 15 is 0 Å². The third-order valence-electron chi connectivity index (χ3n) is 9.38. The minimum Gasteiger partial charge on any atom is -0.497 e. The second-order valence-electron chi connectivity index (χ2n) is 13.3. The van der Waals surface area contributed by atoms with Gasteiger partial charge in [0, 0.05) is 12.5 Å². The molecule has 6 rings (SSSR count). The average Bonchev–Trinajstić information content (AvgIpc) is 3.77. The zero-order valence-electron chi connectivity index (χ0n) is 31.3. The monoisotopic (exact) mass is 794 g/mol. The van der Waals surface area contributed by atoms with Gasteiger partial charge in [0.1, 0.15) is 35.4 Å². The van der Waals surface area contributed by atoms with Crippen molar-refractivity contribution in [2.45, 2.75) is 50.2 Å². The normalized spacial score (nSPS) is 18.5. The minimum atomic E-state index is -5.11. The van der Waals surface area contributed by atoms with Crippen molar-refractivity contribution in [3.63, 3.8) is 0 Å². The molecule has 1 aliphatic rings. The fraction of sp³-hybridized carbons (Fsp3) is 0.359. The van der Waals surface area contributed by atoms with Gasteiger partial charge in [-0.15, -0.1) is 0 Å². The average molecular weight is 795 g/mol. The van der Waals surface area contributed by atoms with Crippen molar-refractivity contribution in [2.24, 2.45) is 5.92 Å². The highest BCUT2D eigenvalue weighted by atomic mass is 19.4. The molecule has 1 fully saturated rings. The van der Waals surface area contributed by atoms with E-state index in [9.17, 15) is 32.7 Å². The molecule has 2 amide bonds. The number of carbonyl (C=O) groups is 2. The molecular weight excluding hydrogens is 753 g/mol. The van der Waals surface area contributed by atoms with Crippen molar-refractivity contribution in [1.82, 2.24) is 24.8 Å². The molecule has 15 nitrogen and oxygen atoms in total. The first-order valence-corrected chi connectivity index (χ1v) is 17.8. The molecule has 0 aliphatic carbocycles. The third-order valence-corrected chi connectivity index (χ3v) is 9.38. The number of aromatic nitrogens is 4. The molecule has 5 aromatic rings. The molecule has 0 saturated carbocycles. The summed E-state index contributed by atoms with van der Waals surface area (Å²) in [5.74, 6) is -2.00. The fourth-order valence-electron chi connectivity index (χ4n) is 6.43. The maximum atomic E-state index is 13.0. The van der Waals surface area contributed by atoms with E-state index in [4.69, 9.17) is 23.7 Å². The lowest BCUT2D eigenvalue weighted by molar-refractivity contribution is -0.174. The van der Waals surface area contributed by atoms with Crippen molar-refractivity contribution in [3.8, 4) is 11.5 Å². The van der Waals surface area contributed by atoms with Gasteiger partial charge in [-0.25, -0.2) is 4.98 Å². The maximum absolute atomic E-state index is 13.0. The summed E-state index contributed by atoms with van der Waals surface area (Å²) >= 11 is 0. The van der Waals surface area contributed by atoms with Crippen LogP contribution in [0.1, 0.15) is 36.8 Å². The lowest BCUT2D eigenvalue weighted by Gasteiger charge is -2.37. The topological polar surface area (TPSA) is 188 Å². The van der Waals surface area contributed by atoms with E-state index in [1.54, 1.807) is 57.6 Å². The van der Waals surface area contributed by atoms with E-state index in [1.165, 1.54) is 10.9 Å². The number of methoxy groups -OCH3 is 2. The molecule has 1 aliphatic heterocycles. The van der Waals surface area contributed by atoms with E-state index in [2.05, 4.69) is 20.3 Å². The number of imidazole rings is 1. The van der Waals surface area contributed by atoms with Crippen LogP contribution >= 0.6 is 0 Å². The number of carbonyl (C=O) groups excluding carboxylic acids is 2. The van der Waals surface area contributed by atoms with Crippen molar-refractivity contribution in [1.29, 1.82) is 0 Å². The van der Waals surface area contributed by atoms with Crippen LogP contribution in [0.2, 0.25) is 0 Å². The van der Waals surface area contributed by atoms with Crippen LogP contribution in [0.3, 0.4) is 0 Å². The summed E-state index contributed by atoms with van der Waals surface area (Å²) in [6, 6.07) is 23.9. The molecule has 4 atom stereocenters. The first-order chi connectivity index (χ1) is 27.3. The number of nitrogens with one attached hydrogen (secondary N) is 3. The van der Waals surface area contributed by atoms with Gasteiger partial charge in [0.2, 0.25) is 11.9 Å². The molecular formula is C39H41F3N6O9. The smallest absolute Gasteiger partial charge is 0.471 e. The van der Waals surface area contributed by atoms with Crippen LogP contribution in [-0.2, 0) is 29.4 Å². The molecule has 18 heteroatoms. The number of hydrogen-bond acceptors (Lipinski definition) is 11. The summed E-state index contributed by atoms with van der Waals surface area (Å²) in [5.41, 5.74) is -0.0832. The van der Waals surface area contributed by atoms with Gasteiger partial charge in [0.05, 0.1) is 33.8 Å². The van der Waals surface area contributed by atoms with E-state index in [1.807, 2.05) is 54.6 Å². The highest BCUT2D eigenvalue weighted by molar-refractivity contribution is 5.91. The van der Waals surface area contributed by atoms with Gasteiger partial charge in [0.25, 0.3) is 5.56 Å². The number of alkyl halides is 3. The number of aliphatic hydroxyl groups excluding tert-OH is 1. The van der Waals surface area contributed by atoms with Gasteiger partial charge in [0.15, 0.2) is 17.4 Å².